The van der Waals surface area contributed by atoms with Crippen LogP contribution in [0, 0.1) is 0 Å². The zero-order chi connectivity index (χ0) is 9.97. The van der Waals surface area contributed by atoms with E-state index in [0.29, 0.717) is 0 Å². The second-order valence-corrected chi connectivity index (χ2v) is 4.74. The molecule has 76 valence electrons. The third-order valence-electron chi connectivity index (χ3n) is 2.87. The van der Waals surface area contributed by atoms with Crippen molar-refractivity contribution in [2.45, 2.75) is 26.2 Å². The maximum absolute atomic E-state index is 3.53. The van der Waals surface area contributed by atoms with E-state index in [-0.39, 0.29) is 0 Å². The summed E-state index contributed by atoms with van der Waals surface area (Å²) in [6.45, 7) is 4.69. The summed E-state index contributed by atoms with van der Waals surface area (Å²) in [6.07, 6.45) is 3.81. The Morgan fingerprint density at radius 2 is 2.00 bits per heavy atom. The number of halogens is 1. The molecular weight excluding hydrogens is 238 g/mol. The molecule has 1 aliphatic rings. The highest BCUT2D eigenvalue weighted by Crippen LogP contribution is 2.27. The number of aryl methyl sites for hydroxylation is 1. The SMILES string of the molecule is CCc1cc(Br)ccc1N1CCCC1. The van der Waals surface area contributed by atoms with Crippen LogP contribution >= 0.6 is 15.9 Å². The molecule has 1 aromatic carbocycles. The lowest BCUT2D eigenvalue weighted by Gasteiger charge is -2.21. The molecule has 2 rings (SSSR count). The van der Waals surface area contributed by atoms with Gasteiger partial charge in [-0.05, 0) is 43.0 Å². The number of benzene rings is 1. The fourth-order valence-corrected chi connectivity index (χ4v) is 2.51. The van der Waals surface area contributed by atoms with E-state index in [0.717, 1.165) is 6.42 Å². The van der Waals surface area contributed by atoms with Gasteiger partial charge in [0, 0.05) is 23.2 Å². The van der Waals surface area contributed by atoms with Gasteiger partial charge in [-0.2, -0.15) is 0 Å². The molecule has 0 radical (unpaired) electrons. The summed E-state index contributed by atoms with van der Waals surface area (Å²) < 4.78 is 1.19. The Hall–Kier alpha value is -0.500. The monoisotopic (exact) mass is 253 g/mol. The number of anilines is 1. The van der Waals surface area contributed by atoms with Crippen LogP contribution in [0.1, 0.15) is 25.3 Å². The van der Waals surface area contributed by atoms with Crippen molar-refractivity contribution in [1.29, 1.82) is 0 Å². The van der Waals surface area contributed by atoms with E-state index in [1.807, 2.05) is 0 Å². The molecule has 0 amide bonds. The molecule has 1 aliphatic heterocycles. The smallest absolute Gasteiger partial charge is 0.0399 e. The summed E-state index contributed by atoms with van der Waals surface area (Å²) >= 11 is 3.53. The third kappa shape index (κ3) is 1.95. The number of hydrogen-bond donors (Lipinski definition) is 0. The molecular formula is C12H16BrN. The minimum absolute atomic E-state index is 1.12. The third-order valence-corrected chi connectivity index (χ3v) is 3.36. The zero-order valence-corrected chi connectivity index (χ0v) is 10.2. The van der Waals surface area contributed by atoms with Crippen LogP contribution in [-0.2, 0) is 6.42 Å². The molecule has 0 spiro atoms. The van der Waals surface area contributed by atoms with Gasteiger partial charge in [0.05, 0.1) is 0 Å². The molecule has 1 aromatic rings. The summed E-state index contributed by atoms with van der Waals surface area (Å²) in [5, 5.41) is 0. The first-order chi connectivity index (χ1) is 6.81. The molecule has 0 unspecified atom stereocenters. The summed E-state index contributed by atoms with van der Waals surface area (Å²) in [5.41, 5.74) is 2.90. The van der Waals surface area contributed by atoms with Gasteiger partial charge in [0.15, 0.2) is 0 Å². The highest BCUT2D eigenvalue weighted by Gasteiger charge is 2.14. The van der Waals surface area contributed by atoms with Crippen molar-refractivity contribution in [2.75, 3.05) is 18.0 Å². The Bertz CT molecular complexity index is 316. The molecule has 0 aliphatic carbocycles. The number of hydrogen-bond acceptors (Lipinski definition) is 1. The minimum atomic E-state index is 1.12. The van der Waals surface area contributed by atoms with Crippen molar-refractivity contribution in [2.24, 2.45) is 0 Å². The van der Waals surface area contributed by atoms with Crippen molar-refractivity contribution >= 4 is 21.6 Å². The first-order valence-corrected chi connectivity index (χ1v) is 6.14. The highest BCUT2D eigenvalue weighted by molar-refractivity contribution is 9.10. The average molecular weight is 254 g/mol. The van der Waals surface area contributed by atoms with Gasteiger partial charge >= 0.3 is 0 Å². The molecule has 1 saturated heterocycles. The second kappa shape index (κ2) is 4.35. The van der Waals surface area contributed by atoms with Gasteiger partial charge in [0.1, 0.15) is 0 Å². The summed E-state index contributed by atoms with van der Waals surface area (Å²) in [4.78, 5) is 2.51. The largest absolute Gasteiger partial charge is 0.371 e. The first-order valence-electron chi connectivity index (χ1n) is 5.34. The maximum atomic E-state index is 3.53. The fraction of sp³-hybridized carbons (Fsp3) is 0.500. The van der Waals surface area contributed by atoms with Gasteiger partial charge in [-0.3, -0.25) is 0 Å². The van der Waals surface area contributed by atoms with E-state index >= 15 is 0 Å². The molecule has 0 bridgehead atoms. The zero-order valence-electron chi connectivity index (χ0n) is 8.59. The molecule has 0 atom stereocenters. The topological polar surface area (TPSA) is 3.24 Å². The second-order valence-electron chi connectivity index (χ2n) is 3.82. The summed E-state index contributed by atoms with van der Waals surface area (Å²) in [6, 6.07) is 6.63. The lowest BCUT2D eigenvalue weighted by atomic mass is 10.1. The van der Waals surface area contributed by atoms with Gasteiger partial charge in [-0.15, -0.1) is 0 Å². The van der Waals surface area contributed by atoms with Crippen molar-refractivity contribution in [3.8, 4) is 0 Å². The lowest BCUT2D eigenvalue weighted by molar-refractivity contribution is 0.947. The van der Waals surface area contributed by atoms with E-state index < -0.39 is 0 Å². The molecule has 14 heavy (non-hydrogen) atoms. The van der Waals surface area contributed by atoms with Gasteiger partial charge in [-0.25, -0.2) is 0 Å². The van der Waals surface area contributed by atoms with Crippen LogP contribution in [-0.4, -0.2) is 13.1 Å². The lowest BCUT2D eigenvalue weighted by Crippen LogP contribution is -2.19. The van der Waals surface area contributed by atoms with Crippen molar-refractivity contribution in [1.82, 2.24) is 0 Å². The Labute approximate surface area is 94.2 Å². The van der Waals surface area contributed by atoms with Crippen LogP contribution < -0.4 is 4.90 Å². The van der Waals surface area contributed by atoms with Crippen LogP contribution in [0.2, 0.25) is 0 Å². The van der Waals surface area contributed by atoms with Gasteiger partial charge in [0.25, 0.3) is 0 Å². The van der Waals surface area contributed by atoms with E-state index in [1.165, 1.54) is 41.7 Å². The van der Waals surface area contributed by atoms with Gasteiger partial charge in [0.2, 0.25) is 0 Å². The van der Waals surface area contributed by atoms with E-state index in [1.54, 1.807) is 0 Å². The normalized spacial score (nSPS) is 16.3. The average Bonchev–Trinajstić information content (AvgIpc) is 2.70. The molecule has 0 saturated carbocycles. The molecule has 2 heteroatoms. The molecule has 1 heterocycles. The maximum Gasteiger partial charge on any atom is 0.0399 e. The predicted molar refractivity (Wildman–Crippen MR) is 65.0 cm³/mol. The van der Waals surface area contributed by atoms with Crippen molar-refractivity contribution < 1.29 is 0 Å². The van der Waals surface area contributed by atoms with Gasteiger partial charge in [-0.1, -0.05) is 22.9 Å². The molecule has 1 nitrogen and oxygen atoms in total. The number of nitrogens with zero attached hydrogens (tertiary/aromatic N) is 1. The van der Waals surface area contributed by atoms with E-state index in [2.05, 4.69) is 46.0 Å². The fourth-order valence-electron chi connectivity index (χ4n) is 2.10. The predicted octanol–water partition coefficient (Wildman–Crippen LogP) is 3.61. The van der Waals surface area contributed by atoms with Crippen LogP contribution in [0.5, 0.6) is 0 Å². The highest BCUT2D eigenvalue weighted by atomic mass is 79.9. The molecule has 0 N–H and O–H groups in total. The van der Waals surface area contributed by atoms with Crippen LogP contribution in [0.3, 0.4) is 0 Å². The van der Waals surface area contributed by atoms with Crippen LogP contribution in [0.4, 0.5) is 5.69 Å². The summed E-state index contributed by atoms with van der Waals surface area (Å²) in [5.74, 6) is 0. The Morgan fingerprint density at radius 3 is 2.64 bits per heavy atom. The van der Waals surface area contributed by atoms with E-state index in [4.69, 9.17) is 0 Å². The van der Waals surface area contributed by atoms with Gasteiger partial charge < -0.3 is 4.90 Å². The van der Waals surface area contributed by atoms with Crippen molar-refractivity contribution in [3.63, 3.8) is 0 Å². The first kappa shape index (κ1) is 10.0. The standard InChI is InChI=1S/C12H16BrN/c1-2-10-9-11(13)5-6-12(10)14-7-3-4-8-14/h5-6,9H,2-4,7-8H2,1H3. The minimum Gasteiger partial charge on any atom is -0.371 e. The summed E-state index contributed by atoms with van der Waals surface area (Å²) in [7, 11) is 0. The Balaban J connectivity index is 2.31. The number of rotatable bonds is 2. The van der Waals surface area contributed by atoms with Crippen molar-refractivity contribution in [3.05, 3.63) is 28.2 Å². The Morgan fingerprint density at radius 1 is 1.29 bits per heavy atom. The molecule has 0 aromatic heterocycles. The van der Waals surface area contributed by atoms with Crippen LogP contribution in [0.15, 0.2) is 22.7 Å². The Kier molecular flexibility index (Phi) is 3.12. The molecule has 1 fully saturated rings. The quantitative estimate of drug-likeness (QED) is 0.779. The van der Waals surface area contributed by atoms with E-state index in [9.17, 15) is 0 Å². The van der Waals surface area contributed by atoms with Crippen LogP contribution in [0.25, 0.3) is 0 Å².